The van der Waals surface area contributed by atoms with E-state index in [1.807, 2.05) is 4.90 Å². The lowest BCUT2D eigenvalue weighted by Gasteiger charge is -2.17. The van der Waals surface area contributed by atoms with Crippen LogP contribution in [-0.4, -0.2) is 49.6 Å². The van der Waals surface area contributed by atoms with Gasteiger partial charge in [-0.3, -0.25) is 9.59 Å². The Bertz CT molecular complexity index is 268. The molecule has 0 radical (unpaired) electrons. The predicted octanol–water partition coefficient (Wildman–Crippen LogP) is -0.773. The Morgan fingerprint density at radius 2 is 1.93 bits per heavy atom. The summed E-state index contributed by atoms with van der Waals surface area (Å²) in [5.41, 5.74) is 0. The molecule has 2 aliphatic heterocycles. The van der Waals surface area contributed by atoms with E-state index in [4.69, 9.17) is 4.74 Å². The number of amides is 2. The Kier molecular flexibility index (Phi) is 2.90. The number of nitrogens with one attached hydrogen (secondary N) is 1. The van der Waals surface area contributed by atoms with Crippen molar-refractivity contribution in [1.82, 2.24) is 10.2 Å². The molecular formula is C10H16N2O3. The topological polar surface area (TPSA) is 58.6 Å². The molecule has 2 atom stereocenters. The Balaban J connectivity index is 1.80. The summed E-state index contributed by atoms with van der Waals surface area (Å²) < 4.78 is 5.33. The molecule has 0 aliphatic carbocycles. The normalized spacial score (nSPS) is 29.0. The third kappa shape index (κ3) is 2.28. The van der Waals surface area contributed by atoms with Gasteiger partial charge in [0.15, 0.2) is 0 Å². The van der Waals surface area contributed by atoms with Crippen molar-refractivity contribution < 1.29 is 14.3 Å². The summed E-state index contributed by atoms with van der Waals surface area (Å²) in [6.45, 7) is 4.64. The van der Waals surface area contributed by atoms with Crippen molar-refractivity contribution in [3.63, 3.8) is 0 Å². The van der Waals surface area contributed by atoms with E-state index in [-0.39, 0.29) is 18.4 Å². The highest BCUT2D eigenvalue weighted by Crippen LogP contribution is 2.28. The van der Waals surface area contributed by atoms with E-state index in [0.717, 1.165) is 26.3 Å². The van der Waals surface area contributed by atoms with E-state index in [1.165, 1.54) is 6.92 Å². The fourth-order valence-electron chi connectivity index (χ4n) is 2.20. The molecule has 0 bridgehead atoms. The van der Waals surface area contributed by atoms with Gasteiger partial charge in [-0.2, -0.15) is 0 Å². The van der Waals surface area contributed by atoms with Gasteiger partial charge in [0.05, 0.1) is 19.8 Å². The molecule has 0 aromatic heterocycles. The molecule has 0 aromatic carbocycles. The molecule has 84 valence electrons. The monoisotopic (exact) mass is 212 g/mol. The van der Waals surface area contributed by atoms with Gasteiger partial charge in [-0.25, -0.2) is 0 Å². The second-order valence-corrected chi connectivity index (χ2v) is 4.27. The van der Waals surface area contributed by atoms with Gasteiger partial charge in [-0.05, 0) is 0 Å². The van der Waals surface area contributed by atoms with Crippen LogP contribution >= 0.6 is 0 Å². The van der Waals surface area contributed by atoms with Crippen molar-refractivity contribution in [3.05, 3.63) is 0 Å². The first kappa shape index (κ1) is 10.4. The van der Waals surface area contributed by atoms with Crippen LogP contribution < -0.4 is 5.32 Å². The number of hydrogen-bond acceptors (Lipinski definition) is 3. The lowest BCUT2D eigenvalue weighted by molar-refractivity contribution is -0.132. The third-order valence-electron chi connectivity index (χ3n) is 3.08. The van der Waals surface area contributed by atoms with Crippen LogP contribution in [0.2, 0.25) is 0 Å². The average Bonchev–Trinajstić information content (AvgIpc) is 2.72. The molecule has 0 saturated carbocycles. The van der Waals surface area contributed by atoms with Crippen molar-refractivity contribution in [3.8, 4) is 0 Å². The first-order valence-corrected chi connectivity index (χ1v) is 5.27. The van der Waals surface area contributed by atoms with Gasteiger partial charge in [0.2, 0.25) is 11.8 Å². The fourth-order valence-corrected chi connectivity index (χ4v) is 2.20. The van der Waals surface area contributed by atoms with E-state index in [0.29, 0.717) is 11.8 Å². The molecule has 2 fully saturated rings. The van der Waals surface area contributed by atoms with Crippen molar-refractivity contribution in [2.24, 2.45) is 11.8 Å². The Morgan fingerprint density at radius 3 is 2.47 bits per heavy atom. The van der Waals surface area contributed by atoms with Gasteiger partial charge in [0, 0.05) is 31.8 Å². The first-order chi connectivity index (χ1) is 7.16. The van der Waals surface area contributed by atoms with Crippen molar-refractivity contribution in [2.45, 2.75) is 6.92 Å². The number of fused-ring (bicyclic) bond motifs is 1. The van der Waals surface area contributed by atoms with Crippen LogP contribution in [0.4, 0.5) is 0 Å². The molecule has 2 unspecified atom stereocenters. The molecule has 2 amide bonds. The van der Waals surface area contributed by atoms with E-state index < -0.39 is 0 Å². The van der Waals surface area contributed by atoms with Crippen LogP contribution in [-0.2, 0) is 14.3 Å². The third-order valence-corrected chi connectivity index (χ3v) is 3.08. The quantitative estimate of drug-likeness (QED) is 0.653. The van der Waals surface area contributed by atoms with Gasteiger partial charge < -0.3 is 15.0 Å². The second kappa shape index (κ2) is 4.18. The maximum Gasteiger partial charge on any atom is 0.241 e. The van der Waals surface area contributed by atoms with Crippen molar-refractivity contribution >= 4 is 11.8 Å². The van der Waals surface area contributed by atoms with Crippen molar-refractivity contribution in [2.75, 3.05) is 32.8 Å². The largest absolute Gasteiger partial charge is 0.381 e. The molecule has 2 rings (SSSR count). The van der Waals surface area contributed by atoms with Gasteiger partial charge >= 0.3 is 0 Å². The highest BCUT2D eigenvalue weighted by molar-refractivity contribution is 5.83. The minimum Gasteiger partial charge on any atom is -0.381 e. The maximum atomic E-state index is 11.7. The summed E-state index contributed by atoms with van der Waals surface area (Å²) >= 11 is 0. The number of likely N-dealkylation sites (tertiary alicyclic amines) is 1. The number of carbonyl (C=O) groups is 2. The molecule has 5 nitrogen and oxygen atoms in total. The smallest absolute Gasteiger partial charge is 0.241 e. The van der Waals surface area contributed by atoms with Crippen LogP contribution in [0, 0.1) is 11.8 Å². The van der Waals surface area contributed by atoms with Gasteiger partial charge in [-0.1, -0.05) is 0 Å². The minimum absolute atomic E-state index is 0.0135. The van der Waals surface area contributed by atoms with Gasteiger partial charge in [0.25, 0.3) is 0 Å². The van der Waals surface area contributed by atoms with Crippen LogP contribution in [0.1, 0.15) is 6.92 Å². The Labute approximate surface area is 88.8 Å². The van der Waals surface area contributed by atoms with Crippen LogP contribution in [0.3, 0.4) is 0 Å². The molecule has 5 heteroatoms. The molecular weight excluding hydrogens is 196 g/mol. The zero-order valence-electron chi connectivity index (χ0n) is 8.86. The van der Waals surface area contributed by atoms with E-state index >= 15 is 0 Å². The summed E-state index contributed by atoms with van der Waals surface area (Å²) in [7, 11) is 0. The minimum atomic E-state index is -0.161. The highest BCUT2D eigenvalue weighted by atomic mass is 16.5. The van der Waals surface area contributed by atoms with Crippen LogP contribution in [0.25, 0.3) is 0 Å². The summed E-state index contributed by atoms with van der Waals surface area (Å²) in [4.78, 5) is 24.1. The number of carbonyl (C=O) groups excluding carboxylic acids is 2. The zero-order valence-corrected chi connectivity index (χ0v) is 8.86. The SMILES string of the molecule is CC(=O)NCC(=O)N1CC2COCC2C1. The summed E-state index contributed by atoms with van der Waals surface area (Å²) in [6, 6.07) is 0. The zero-order chi connectivity index (χ0) is 10.8. The molecule has 0 aromatic rings. The Hall–Kier alpha value is -1.10. The summed E-state index contributed by atoms with van der Waals surface area (Å²) in [6.07, 6.45) is 0. The number of hydrogen-bond donors (Lipinski definition) is 1. The van der Waals surface area contributed by atoms with Crippen LogP contribution in [0.15, 0.2) is 0 Å². The van der Waals surface area contributed by atoms with Crippen LogP contribution in [0.5, 0.6) is 0 Å². The summed E-state index contributed by atoms with van der Waals surface area (Å²) in [5.74, 6) is 0.864. The van der Waals surface area contributed by atoms with E-state index in [9.17, 15) is 9.59 Å². The first-order valence-electron chi connectivity index (χ1n) is 5.27. The molecule has 1 N–H and O–H groups in total. The van der Waals surface area contributed by atoms with Gasteiger partial charge in [-0.15, -0.1) is 0 Å². The lowest BCUT2D eigenvalue weighted by atomic mass is 10.0. The number of rotatable bonds is 2. The molecule has 2 aliphatic rings. The molecule has 2 saturated heterocycles. The average molecular weight is 212 g/mol. The fraction of sp³-hybridized carbons (Fsp3) is 0.800. The molecule has 0 spiro atoms. The highest BCUT2D eigenvalue weighted by Gasteiger charge is 2.38. The van der Waals surface area contributed by atoms with E-state index in [1.54, 1.807) is 0 Å². The molecule has 2 heterocycles. The maximum absolute atomic E-state index is 11.7. The summed E-state index contributed by atoms with van der Waals surface area (Å²) in [5, 5.41) is 2.53. The predicted molar refractivity (Wildman–Crippen MR) is 53.1 cm³/mol. The Morgan fingerprint density at radius 1 is 1.33 bits per heavy atom. The van der Waals surface area contributed by atoms with E-state index in [2.05, 4.69) is 5.32 Å². The number of ether oxygens (including phenoxy) is 1. The molecule has 15 heavy (non-hydrogen) atoms. The number of nitrogens with zero attached hydrogens (tertiary/aromatic N) is 1. The standard InChI is InChI=1S/C10H16N2O3/c1-7(13)11-2-10(14)12-3-8-5-15-6-9(8)4-12/h8-9H,2-6H2,1H3,(H,11,13). The lowest BCUT2D eigenvalue weighted by Crippen LogP contribution is -2.39. The second-order valence-electron chi connectivity index (χ2n) is 4.27. The van der Waals surface area contributed by atoms with Crippen molar-refractivity contribution in [1.29, 1.82) is 0 Å². The van der Waals surface area contributed by atoms with Gasteiger partial charge in [0.1, 0.15) is 0 Å².